The Hall–Kier alpha value is -0.830. The van der Waals surface area contributed by atoms with E-state index in [9.17, 15) is 21.6 Å². The van der Waals surface area contributed by atoms with E-state index in [0.29, 0.717) is 13.0 Å². The number of hydrogen-bond acceptors (Lipinski definition) is 3. The van der Waals surface area contributed by atoms with Crippen LogP contribution in [0.4, 0.5) is 13.2 Å². The van der Waals surface area contributed by atoms with Gasteiger partial charge in [-0.05, 0) is 37.3 Å². The van der Waals surface area contributed by atoms with Crippen LogP contribution in [0, 0.1) is 5.92 Å². The minimum atomic E-state index is -4.57. The summed E-state index contributed by atoms with van der Waals surface area (Å²) in [5, 5.41) is 0. The number of benzene rings is 1. The highest BCUT2D eigenvalue weighted by atomic mass is 35.5. The van der Waals surface area contributed by atoms with Gasteiger partial charge in [-0.2, -0.15) is 13.2 Å². The molecule has 24 heavy (non-hydrogen) atoms. The number of nitrogens with two attached hydrogens (primary N) is 1. The Morgan fingerprint density at radius 3 is 2.54 bits per heavy atom. The van der Waals surface area contributed by atoms with Gasteiger partial charge in [0.25, 0.3) is 0 Å². The van der Waals surface area contributed by atoms with E-state index in [4.69, 9.17) is 5.73 Å². The standard InChI is InChI=1S/C15H21F3N2O2S.ClH/c1-11(19)12-6-4-8-20(9-12)23(21,22)10-13-5-2-3-7-14(13)15(16,17)18;/h2-3,5,7,11-12H,4,6,8-10,19H2,1H3;1H. The maximum absolute atomic E-state index is 13.0. The number of piperidine rings is 1. The molecule has 1 heterocycles. The molecule has 0 spiro atoms. The molecule has 0 radical (unpaired) electrons. The van der Waals surface area contributed by atoms with E-state index in [0.717, 1.165) is 12.5 Å². The van der Waals surface area contributed by atoms with Crippen molar-refractivity contribution in [3.8, 4) is 0 Å². The number of halogens is 4. The third-order valence-electron chi connectivity index (χ3n) is 4.22. The molecule has 2 unspecified atom stereocenters. The van der Waals surface area contributed by atoms with Gasteiger partial charge in [-0.15, -0.1) is 12.4 Å². The van der Waals surface area contributed by atoms with Crippen LogP contribution in [0.15, 0.2) is 24.3 Å². The first kappa shape index (κ1) is 21.2. The van der Waals surface area contributed by atoms with Gasteiger partial charge in [0, 0.05) is 19.1 Å². The fourth-order valence-electron chi connectivity index (χ4n) is 2.87. The summed E-state index contributed by atoms with van der Waals surface area (Å²) >= 11 is 0. The maximum atomic E-state index is 13.0. The fourth-order valence-corrected chi connectivity index (χ4v) is 4.52. The first-order valence-electron chi connectivity index (χ1n) is 7.50. The van der Waals surface area contributed by atoms with Gasteiger partial charge in [0.15, 0.2) is 0 Å². The second-order valence-electron chi connectivity index (χ2n) is 6.03. The first-order chi connectivity index (χ1) is 10.6. The lowest BCUT2D eigenvalue weighted by Gasteiger charge is -2.34. The topological polar surface area (TPSA) is 63.4 Å². The van der Waals surface area contributed by atoms with Gasteiger partial charge < -0.3 is 5.73 Å². The summed E-state index contributed by atoms with van der Waals surface area (Å²) in [5.41, 5.74) is 4.72. The van der Waals surface area contributed by atoms with E-state index in [1.165, 1.54) is 22.5 Å². The lowest BCUT2D eigenvalue weighted by molar-refractivity contribution is -0.138. The molecule has 1 aliphatic heterocycles. The van der Waals surface area contributed by atoms with Crippen LogP contribution in [0.5, 0.6) is 0 Å². The Bertz CT molecular complexity index is 650. The zero-order valence-electron chi connectivity index (χ0n) is 13.3. The second-order valence-corrected chi connectivity index (χ2v) is 8.00. The molecule has 0 aromatic heterocycles. The van der Waals surface area contributed by atoms with Crippen molar-refractivity contribution in [3.05, 3.63) is 35.4 Å². The van der Waals surface area contributed by atoms with E-state index < -0.39 is 27.5 Å². The van der Waals surface area contributed by atoms with E-state index >= 15 is 0 Å². The van der Waals surface area contributed by atoms with Gasteiger partial charge in [-0.25, -0.2) is 12.7 Å². The second kappa shape index (κ2) is 8.03. The van der Waals surface area contributed by atoms with Crippen molar-refractivity contribution in [3.63, 3.8) is 0 Å². The Balaban J connectivity index is 0.00000288. The third-order valence-corrected chi connectivity index (χ3v) is 6.01. The Morgan fingerprint density at radius 2 is 1.96 bits per heavy atom. The molecule has 1 aromatic carbocycles. The summed E-state index contributed by atoms with van der Waals surface area (Å²) < 4.78 is 65.3. The van der Waals surface area contributed by atoms with E-state index in [2.05, 4.69) is 0 Å². The van der Waals surface area contributed by atoms with Crippen molar-refractivity contribution in [2.24, 2.45) is 11.7 Å². The molecule has 9 heteroatoms. The molecule has 1 aromatic rings. The molecule has 1 saturated heterocycles. The average Bonchev–Trinajstić information content (AvgIpc) is 2.46. The lowest BCUT2D eigenvalue weighted by Crippen LogP contribution is -2.45. The van der Waals surface area contributed by atoms with Gasteiger partial charge in [-0.3, -0.25) is 0 Å². The van der Waals surface area contributed by atoms with Crippen molar-refractivity contribution >= 4 is 22.4 Å². The Labute approximate surface area is 146 Å². The molecule has 2 N–H and O–H groups in total. The van der Waals surface area contributed by atoms with Crippen molar-refractivity contribution < 1.29 is 21.6 Å². The summed E-state index contributed by atoms with van der Waals surface area (Å²) in [6.45, 7) is 2.42. The SMILES string of the molecule is CC(N)C1CCCN(S(=O)(=O)Cc2ccccc2C(F)(F)F)C1.Cl. The summed E-state index contributed by atoms with van der Waals surface area (Å²) in [6.07, 6.45) is -3.06. The van der Waals surface area contributed by atoms with Gasteiger partial charge in [0.2, 0.25) is 10.0 Å². The number of alkyl halides is 3. The van der Waals surface area contributed by atoms with Crippen LogP contribution in [0.25, 0.3) is 0 Å². The van der Waals surface area contributed by atoms with Crippen LogP contribution in [-0.2, 0) is 22.0 Å². The molecule has 0 bridgehead atoms. The lowest BCUT2D eigenvalue weighted by atomic mass is 9.93. The molecule has 0 saturated carbocycles. The summed E-state index contributed by atoms with van der Waals surface area (Å²) in [5.74, 6) is -0.606. The molecule has 4 nitrogen and oxygen atoms in total. The molecular weight excluding hydrogens is 365 g/mol. The molecule has 138 valence electrons. The van der Waals surface area contributed by atoms with Crippen LogP contribution in [-0.4, -0.2) is 31.9 Å². The van der Waals surface area contributed by atoms with E-state index in [1.54, 1.807) is 0 Å². The van der Waals surface area contributed by atoms with Crippen molar-refractivity contribution in [2.45, 2.75) is 37.7 Å². The number of sulfonamides is 1. The Kier molecular flexibility index (Phi) is 7.10. The zero-order chi connectivity index (χ0) is 17.3. The molecule has 1 fully saturated rings. The molecular formula is C15H22ClF3N2O2S. The molecule has 2 rings (SSSR count). The molecule has 0 amide bonds. The highest BCUT2D eigenvalue weighted by molar-refractivity contribution is 7.88. The van der Waals surface area contributed by atoms with Crippen LogP contribution < -0.4 is 5.73 Å². The smallest absolute Gasteiger partial charge is 0.328 e. The number of rotatable bonds is 4. The van der Waals surface area contributed by atoms with Crippen LogP contribution in [0.3, 0.4) is 0 Å². The largest absolute Gasteiger partial charge is 0.416 e. The Morgan fingerprint density at radius 1 is 1.33 bits per heavy atom. The monoisotopic (exact) mass is 386 g/mol. The first-order valence-corrected chi connectivity index (χ1v) is 9.10. The van der Waals surface area contributed by atoms with Crippen molar-refractivity contribution in [1.29, 1.82) is 0 Å². The summed E-state index contributed by atoms with van der Waals surface area (Å²) in [6, 6.07) is 4.65. The van der Waals surface area contributed by atoms with Gasteiger partial charge in [0.05, 0.1) is 11.3 Å². The number of nitrogens with zero attached hydrogens (tertiary/aromatic N) is 1. The molecule has 0 aliphatic carbocycles. The number of hydrogen-bond donors (Lipinski definition) is 1. The van der Waals surface area contributed by atoms with Gasteiger partial charge in [0.1, 0.15) is 0 Å². The molecule has 1 aliphatic rings. The summed E-state index contributed by atoms with van der Waals surface area (Å²) in [4.78, 5) is 0. The quantitative estimate of drug-likeness (QED) is 0.865. The maximum Gasteiger partial charge on any atom is 0.416 e. The normalized spacial score (nSPS) is 21.1. The van der Waals surface area contributed by atoms with Gasteiger partial charge in [-0.1, -0.05) is 18.2 Å². The summed E-state index contributed by atoms with van der Waals surface area (Å²) in [7, 11) is -3.81. The minimum absolute atomic E-state index is 0. The highest BCUT2D eigenvalue weighted by Crippen LogP contribution is 2.33. The third kappa shape index (κ3) is 5.08. The van der Waals surface area contributed by atoms with Gasteiger partial charge >= 0.3 is 6.18 Å². The highest BCUT2D eigenvalue weighted by Gasteiger charge is 2.36. The van der Waals surface area contributed by atoms with Crippen molar-refractivity contribution in [1.82, 2.24) is 4.31 Å². The predicted octanol–water partition coefficient (Wildman–Crippen LogP) is 3.02. The molecule has 2 atom stereocenters. The van der Waals surface area contributed by atoms with Crippen LogP contribution in [0.2, 0.25) is 0 Å². The van der Waals surface area contributed by atoms with E-state index in [1.807, 2.05) is 6.92 Å². The van der Waals surface area contributed by atoms with Crippen molar-refractivity contribution in [2.75, 3.05) is 13.1 Å². The minimum Gasteiger partial charge on any atom is -0.328 e. The fraction of sp³-hybridized carbons (Fsp3) is 0.600. The predicted molar refractivity (Wildman–Crippen MR) is 89.3 cm³/mol. The zero-order valence-corrected chi connectivity index (χ0v) is 14.9. The van der Waals surface area contributed by atoms with Crippen LogP contribution in [0.1, 0.15) is 30.9 Å². The average molecular weight is 387 g/mol. The van der Waals surface area contributed by atoms with Crippen LogP contribution >= 0.6 is 12.4 Å². The van der Waals surface area contributed by atoms with E-state index in [-0.39, 0.29) is 36.5 Å².